The molecule has 0 bridgehead atoms. The van der Waals surface area contributed by atoms with Crippen LogP contribution in [0.1, 0.15) is 19.7 Å². The maximum atomic E-state index is 12.2. The highest BCUT2D eigenvalue weighted by Crippen LogP contribution is 2.29. The molecule has 1 atom stereocenters. The summed E-state index contributed by atoms with van der Waals surface area (Å²) >= 11 is 1.26. The number of hydrogen-bond donors (Lipinski definition) is 2. The van der Waals surface area contributed by atoms with Crippen molar-refractivity contribution >= 4 is 23.7 Å². The van der Waals surface area contributed by atoms with Gasteiger partial charge in [-0.25, -0.2) is 4.79 Å². The fourth-order valence-corrected chi connectivity index (χ4v) is 3.19. The van der Waals surface area contributed by atoms with Gasteiger partial charge in [0, 0.05) is 5.69 Å². The van der Waals surface area contributed by atoms with Crippen molar-refractivity contribution in [3.05, 3.63) is 36.2 Å². The molecule has 2 rings (SSSR count). The Bertz CT molecular complexity index is 699. The molecule has 0 spiro atoms. The number of nitrogens with zero attached hydrogens (tertiary/aromatic N) is 3. The third kappa shape index (κ3) is 4.10. The zero-order valence-electron chi connectivity index (χ0n) is 13.2. The van der Waals surface area contributed by atoms with Gasteiger partial charge < -0.3 is 5.73 Å². The molecule has 122 valence electrons. The SMILES string of the molecule is Cc1nnc(S[C@@H](C(=O)NC(N)=O)C(C)C)n1-c1ccccc1. The van der Waals surface area contributed by atoms with E-state index in [0.29, 0.717) is 5.16 Å². The predicted molar refractivity (Wildman–Crippen MR) is 88.3 cm³/mol. The molecule has 23 heavy (non-hydrogen) atoms. The molecule has 7 nitrogen and oxygen atoms in total. The van der Waals surface area contributed by atoms with Gasteiger partial charge in [-0.2, -0.15) is 0 Å². The molecule has 0 aliphatic carbocycles. The molecule has 0 radical (unpaired) electrons. The first-order valence-corrected chi connectivity index (χ1v) is 8.02. The molecule has 2 aromatic rings. The Morgan fingerprint density at radius 3 is 2.43 bits per heavy atom. The largest absolute Gasteiger partial charge is 0.351 e. The fraction of sp³-hybridized carbons (Fsp3) is 0.333. The van der Waals surface area contributed by atoms with Crippen LogP contribution in [0.4, 0.5) is 4.79 Å². The van der Waals surface area contributed by atoms with Crippen LogP contribution in [0.15, 0.2) is 35.5 Å². The molecule has 0 unspecified atom stereocenters. The van der Waals surface area contributed by atoms with E-state index in [1.54, 1.807) is 0 Å². The summed E-state index contributed by atoms with van der Waals surface area (Å²) in [5.41, 5.74) is 5.95. The maximum absolute atomic E-state index is 12.2. The zero-order valence-corrected chi connectivity index (χ0v) is 14.0. The Morgan fingerprint density at radius 1 is 1.22 bits per heavy atom. The summed E-state index contributed by atoms with van der Waals surface area (Å²) in [6.07, 6.45) is 0. The molecular formula is C15H19N5O2S. The van der Waals surface area contributed by atoms with Crippen molar-refractivity contribution in [2.45, 2.75) is 31.2 Å². The number of urea groups is 1. The van der Waals surface area contributed by atoms with Gasteiger partial charge in [-0.1, -0.05) is 43.8 Å². The molecule has 0 fully saturated rings. The molecule has 0 saturated heterocycles. The van der Waals surface area contributed by atoms with Gasteiger partial charge in [-0.05, 0) is 25.0 Å². The van der Waals surface area contributed by atoms with E-state index in [-0.39, 0.29) is 5.92 Å². The number of aromatic nitrogens is 3. The van der Waals surface area contributed by atoms with Gasteiger partial charge in [0.05, 0.1) is 5.25 Å². The number of imide groups is 1. The highest BCUT2D eigenvalue weighted by molar-refractivity contribution is 8.00. The van der Waals surface area contributed by atoms with E-state index in [0.717, 1.165) is 11.5 Å². The second kappa shape index (κ2) is 7.28. The fourth-order valence-electron chi connectivity index (χ4n) is 2.09. The number of nitrogens with two attached hydrogens (primary N) is 1. The molecule has 0 saturated carbocycles. The second-order valence-electron chi connectivity index (χ2n) is 5.34. The summed E-state index contributed by atoms with van der Waals surface area (Å²) in [5.74, 6) is 0.273. The van der Waals surface area contributed by atoms with Gasteiger partial charge in [0.1, 0.15) is 5.82 Å². The van der Waals surface area contributed by atoms with E-state index < -0.39 is 17.2 Å². The number of carbonyl (C=O) groups excluding carboxylic acids is 2. The number of para-hydroxylation sites is 1. The highest BCUT2D eigenvalue weighted by Gasteiger charge is 2.27. The van der Waals surface area contributed by atoms with Gasteiger partial charge in [0.15, 0.2) is 5.16 Å². The Kier molecular flexibility index (Phi) is 5.38. The van der Waals surface area contributed by atoms with E-state index in [1.807, 2.05) is 55.7 Å². The topological polar surface area (TPSA) is 103 Å². The first kappa shape index (κ1) is 17.0. The molecule has 3 amide bonds. The number of thioether (sulfide) groups is 1. The molecule has 8 heteroatoms. The van der Waals surface area contributed by atoms with Crippen LogP contribution >= 0.6 is 11.8 Å². The van der Waals surface area contributed by atoms with Gasteiger partial charge in [-0.3, -0.25) is 14.7 Å². The van der Waals surface area contributed by atoms with Crippen LogP contribution in [0.3, 0.4) is 0 Å². The van der Waals surface area contributed by atoms with Crippen LogP contribution in [-0.4, -0.2) is 32.0 Å². The monoisotopic (exact) mass is 333 g/mol. The number of primary amides is 1. The van der Waals surface area contributed by atoms with Crippen molar-refractivity contribution in [2.24, 2.45) is 11.7 Å². The first-order chi connectivity index (χ1) is 10.9. The lowest BCUT2D eigenvalue weighted by Gasteiger charge is -2.18. The average molecular weight is 333 g/mol. The Labute approximate surface area is 138 Å². The predicted octanol–water partition coefficient (Wildman–Crippen LogP) is 1.89. The van der Waals surface area contributed by atoms with Crippen LogP contribution in [0.5, 0.6) is 0 Å². The lowest BCUT2D eigenvalue weighted by atomic mass is 10.1. The molecule has 1 aromatic heterocycles. The summed E-state index contributed by atoms with van der Waals surface area (Å²) in [5, 5.41) is 10.5. The summed E-state index contributed by atoms with van der Waals surface area (Å²) < 4.78 is 1.87. The minimum absolute atomic E-state index is 0.0134. The quantitative estimate of drug-likeness (QED) is 0.813. The van der Waals surface area contributed by atoms with E-state index >= 15 is 0 Å². The van der Waals surface area contributed by atoms with Gasteiger partial charge in [0.2, 0.25) is 5.91 Å². The standard InChI is InChI=1S/C15H19N5O2S/c1-9(2)12(13(21)17-14(16)22)23-15-19-18-10(3)20(15)11-7-5-4-6-8-11/h4-9,12H,1-3H3,(H3,16,17,21,22)/t12-/m1/s1. The molecule has 1 aromatic carbocycles. The number of nitrogens with one attached hydrogen (secondary N) is 1. The van der Waals surface area contributed by atoms with Crippen molar-refractivity contribution in [1.29, 1.82) is 0 Å². The maximum Gasteiger partial charge on any atom is 0.318 e. The van der Waals surface area contributed by atoms with Crippen molar-refractivity contribution in [3.8, 4) is 5.69 Å². The number of benzene rings is 1. The molecule has 1 heterocycles. The minimum Gasteiger partial charge on any atom is -0.351 e. The first-order valence-electron chi connectivity index (χ1n) is 7.14. The van der Waals surface area contributed by atoms with Crippen LogP contribution in [0.25, 0.3) is 5.69 Å². The Balaban J connectivity index is 2.31. The van der Waals surface area contributed by atoms with E-state index in [9.17, 15) is 9.59 Å². The van der Waals surface area contributed by atoms with Crippen molar-refractivity contribution in [2.75, 3.05) is 0 Å². The zero-order chi connectivity index (χ0) is 17.0. The number of aryl methyl sites for hydroxylation is 1. The third-order valence-corrected chi connectivity index (χ3v) is 4.64. The van der Waals surface area contributed by atoms with Gasteiger partial charge >= 0.3 is 6.03 Å². The molecule has 0 aliphatic rings. The van der Waals surface area contributed by atoms with Crippen LogP contribution in [0.2, 0.25) is 0 Å². The summed E-state index contributed by atoms with van der Waals surface area (Å²) in [4.78, 5) is 23.1. The third-order valence-electron chi connectivity index (χ3n) is 3.15. The Morgan fingerprint density at radius 2 is 1.87 bits per heavy atom. The van der Waals surface area contributed by atoms with Crippen LogP contribution in [0, 0.1) is 12.8 Å². The number of hydrogen-bond acceptors (Lipinski definition) is 5. The molecule has 3 N–H and O–H groups in total. The normalized spacial score (nSPS) is 12.2. The van der Waals surface area contributed by atoms with Crippen molar-refractivity contribution in [1.82, 2.24) is 20.1 Å². The minimum atomic E-state index is -0.859. The van der Waals surface area contributed by atoms with E-state index in [2.05, 4.69) is 15.5 Å². The van der Waals surface area contributed by atoms with Crippen molar-refractivity contribution in [3.63, 3.8) is 0 Å². The molecule has 0 aliphatic heterocycles. The van der Waals surface area contributed by atoms with Crippen LogP contribution in [-0.2, 0) is 4.79 Å². The van der Waals surface area contributed by atoms with Gasteiger partial charge in [0.25, 0.3) is 0 Å². The summed E-state index contributed by atoms with van der Waals surface area (Å²) in [7, 11) is 0. The second-order valence-corrected chi connectivity index (χ2v) is 6.45. The van der Waals surface area contributed by atoms with E-state index in [1.165, 1.54) is 11.8 Å². The number of carbonyl (C=O) groups is 2. The van der Waals surface area contributed by atoms with E-state index in [4.69, 9.17) is 5.73 Å². The molecular weight excluding hydrogens is 314 g/mol. The number of amides is 3. The average Bonchev–Trinajstić information content (AvgIpc) is 2.85. The smallest absolute Gasteiger partial charge is 0.318 e. The highest BCUT2D eigenvalue weighted by atomic mass is 32.2. The lowest BCUT2D eigenvalue weighted by molar-refractivity contribution is -0.120. The van der Waals surface area contributed by atoms with Crippen molar-refractivity contribution < 1.29 is 9.59 Å². The van der Waals surface area contributed by atoms with Gasteiger partial charge in [-0.15, -0.1) is 10.2 Å². The summed E-state index contributed by atoms with van der Waals surface area (Å²) in [6.45, 7) is 5.64. The number of rotatable bonds is 5. The Hall–Kier alpha value is -2.35. The van der Waals surface area contributed by atoms with Crippen LogP contribution < -0.4 is 11.1 Å². The summed E-state index contributed by atoms with van der Waals surface area (Å²) in [6, 6.07) is 8.78. The lowest BCUT2D eigenvalue weighted by Crippen LogP contribution is -2.42.